The van der Waals surface area contributed by atoms with E-state index in [-0.39, 0.29) is 18.1 Å². The number of hydrogen-bond acceptors (Lipinski definition) is 5. The van der Waals surface area contributed by atoms with Gasteiger partial charge < -0.3 is 19.1 Å². The first-order valence-electron chi connectivity index (χ1n) is 7.93. The lowest BCUT2D eigenvalue weighted by atomic mass is 10.2. The second-order valence-corrected chi connectivity index (χ2v) is 6.22. The summed E-state index contributed by atoms with van der Waals surface area (Å²) in [5.41, 5.74) is 1.13. The van der Waals surface area contributed by atoms with E-state index in [1.165, 1.54) is 13.2 Å². The van der Waals surface area contributed by atoms with Gasteiger partial charge in [0.05, 0.1) is 23.8 Å². The third-order valence-electron chi connectivity index (χ3n) is 3.28. The van der Waals surface area contributed by atoms with Crippen molar-refractivity contribution < 1.29 is 23.8 Å². The Balaban J connectivity index is 2.82. The zero-order chi connectivity index (χ0) is 19.0. The molecule has 0 spiro atoms. The summed E-state index contributed by atoms with van der Waals surface area (Å²) >= 11 is 3.35. The fourth-order valence-electron chi connectivity index (χ4n) is 2.13. The number of rotatable bonds is 9. The van der Waals surface area contributed by atoms with E-state index in [9.17, 15) is 9.59 Å². The lowest BCUT2D eigenvalue weighted by Crippen LogP contribution is -2.35. The average Bonchev–Trinajstić information content (AvgIpc) is 2.58. The Morgan fingerprint density at radius 2 is 1.96 bits per heavy atom. The highest BCUT2D eigenvalue weighted by atomic mass is 79.9. The highest BCUT2D eigenvalue weighted by Gasteiger charge is 2.19. The standard InChI is InChI=1S/C18H24BrNO5/c1-6-20(10-12(3)4)16(21)11-25-18(22)13-8-14(19)17(24-7-2)15(9-13)23-5/h8-9H,3,6-7,10-11H2,1-2,4-5H3. The van der Waals surface area contributed by atoms with Crippen molar-refractivity contribution in [3.8, 4) is 11.5 Å². The molecule has 0 aliphatic heterocycles. The minimum absolute atomic E-state index is 0.267. The summed E-state index contributed by atoms with van der Waals surface area (Å²) < 4.78 is 16.4. The van der Waals surface area contributed by atoms with Crippen molar-refractivity contribution in [3.63, 3.8) is 0 Å². The van der Waals surface area contributed by atoms with Crippen molar-refractivity contribution in [2.45, 2.75) is 20.8 Å². The Labute approximate surface area is 156 Å². The maximum Gasteiger partial charge on any atom is 0.338 e. The number of carbonyl (C=O) groups is 2. The number of carbonyl (C=O) groups excluding carboxylic acids is 2. The maximum atomic E-state index is 12.2. The zero-order valence-corrected chi connectivity index (χ0v) is 16.6. The monoisotopic (exact) mass is 413 g/mol. The van der Waals surface area contributed by atoms with Crippen LogP contribution < -0.4 is 9.47 Å². The SMILES string of the molecule is C=C(C)CN(CC)C(=O)COC(=O)c1cc(Br)c(OCC)c(OC)c1. The molecule has 6 nitrogen and oxygen atoms in total. The average molecular weight is 414 g/mol. The first-order valence-corrected chi connectivity index (χ1v) is 8.72. The van der Waals surface area contributed by atoms with E-state index in [2.05, 4.69) is 22.5 Å². The van der Waals surface area contributed by atoms with E-state index in [1.807, 2.05) is 20.8 Å². The van der Waals surface area contributed by atoms with Gasteiger partial charge in [0.25, 0.3) is 5.91 Å². The summed E-state index contributed by atoms with van der Waals surface area (Å²) in [4.78, 5) is 25.9. The van der Waals surface area contributed by atoms with Crippen molar-refractivity contribution in [2.24, 2.45) is 0 Å². The summed E-state index contributed by atoms with van der Waals surface area (Å²) in [5.74, 6) is 0.0424. The smallest absolute Gasteiger partial charge is 0.338 e. The number of esters is 1. The molecule has 1 amide bonds. The Morgan fingerprint density at radius 1 is 1.28 bits per heavy atom. The van der Waals surface area contributed by atoms with E-state index in [0.29, 0.717) is 35.7 Å². The zero-order valence-electron chi connectivity index (χ0n) is 15.1. The van der Waals surface area contributed by atoms with Crippen molar-refractivity contribution in [1.82, 2.24) is 4.90 Å². The number of halogens is 1. The van der Waals surface area contributed by atoms with Gasteiger partial charge in [-0.05, 0) is 48.8 Å². The molecule has 1 rings (SSSR count). The largest absolute Gasteiger partial charge is 0.493 e. The summed E-state index contributed by atoms with van der Waals surface area (Å²) in [6.45, 7) is 10.4. The first-order chi connectivity index (χ1) is 11.8. The number of amides is 1. The molecule has 0 saturated carbocycles. The lowest BCUT2D eigenvalue weighted by Gasteiger charge is -2.20. The molecule has 1 aromatic carbocycles. The molecule has 0 aliphatic carbocycles. The molecule has 1 aromatic rings. The fraction of sp³-hybridized carbons (Fsp3) is 0.444. The Bertz CT molecular complexity index is 645. The molecule has 0 aromatic heterocycles. The molecule has 0 fully saturated rings. The minimum Gasteiger partial charge on any atom is -0.493 e. The predicted octanol–water partition coefficient (Wildman–Crippen LogP) is 3.44. The lowest BCUT2D eigenvalue weighted by molar-refractivity contribution is -0.133. The van der Waals surface area contributed by atoms with Crippen LogP contribution in [-0.4, -0.2) is 50.2 Å². The van der Waals surface area contributed by atoms with Crippen LogP contribution in [0.1, 0.15) is 31.1 Å². The number of likely N-dealkylation sites (N-methyl/N-ethyl adjacent to an activating group) is 1. The first kappa shape index (κ1) is 21.0. The van der Waals surface area contributed by atoms with Gasteiger partial charge in [-0.2, -0.15) is 0 Å². The van der Waals surface area contributed by atoms with E-state index in [0.717, 1.165) is 5.57 Å². The van der Waals surface area contributed by atoms with Gasteiger partial charge in [0.1, 0.15) is 0 Å². The van der Waals surface area contributed by atoms with Crippen molar-refractivity contribution in [3.05, 3.63) is 34.3 Å². The van der Waals surface area contributed by atoms with E-state index >= 15 is 0 Å². The number of hydrogen-bond donors (Lipinski definition) is 0. The Hall–Kier alpha value is -2.02. The van der Waals surface area contributed by atoms with Gasteiger partial charge in [-0.3, -0.25) is 4.79 Å². The Kier molecular flexibility index (Phi) is 8.48. The van der Waals surface area contributed by atoms with Gasteiger partial charge in [0.2, 0.25) is 0 Å². The van der Waals surface area contributed by atoms with Gasteiger partial charge in [-0.15, -0.1) is 0 Å². The summed E-state index contributed by atoms with van der Waals surface area (Å²) in [6, 6.07) is 3.10. The number of ether oxygens (including phenoxy) is 3. The number of methoxy groups -OCH3 is 1. The molecule has 0 radical (unpaired) electrons. The van der Waals surface area contributed by atoms with Crippen LogP contribution in [0, 0.1) is 0 Å². The number of benzene rings is 1. The second kappa shape index (κ2) is 10.1. The van der Waals surface area contributed by atoms with Crippen LogP contribution >= 0.6 is 15.9 Å². The van der Waals surface area contributed by atoms with Crippen molar-refractivity contribution in [2.75, 3.05) is 33.4 Å². The fourth-order valence-corrected chi connectivity index (χ4v) is 2.68. The van der Waals surface area contributed by atoms with Gasteiger partial charge >= 0.3 is 5.97 Å². The van der Waals surface area contributed by atoms with Crippen LogP contribution in [0.4, 0.5) is 0 Å². The quantitative estimate of drug-likeness (QED) is 0.458. The van der Waals surface area contributed by atoms with Gasteiger partial charge in [0.15, 0.2) is 18.1 Å². The van der Waals surface area contributed by atoms with Crippen molar-refractivity contribution in [1.29, 1.82) is 0 Å². The summed E-state index contributed by atoms with van der Waals surface area (Å²) in [5, 5.41) is 0. The molecule has 0 aliphatic rings. The molecular formula is C18H24BrNO5. The molecule has 138 valence electrons. The molecule has 0 unspecified atom stereocenters. The summed E-state index contributed by atoms with van der Waals surface area (Å²) in [7, 11) is 1.49. The Morgan fingerprint density at radius 3 is 2.48 bits per heavy atom. The molecule has 7 heteroatoms. The second-order valence-electron chi connectivity index (χ2n) is 5.36. The van der Waals surface area contributed by atoms with Gasteiger partial charge in [0, 0.05) is 13.1 Å². The molecule has 0 bridgehead atoms. The minimum atomic E-state index is -0.609. The van der Waals surface area contributed by atoms with Crippen LogP contribution in [0.25, 0.3) is 0 Å². The van der Waals surface area contributed by atoms with Crippen LogP contribution in [0.15, 0.2) is 28.8 Å². The van der Waals surface area contributed by atoms with Crippen LogP contribution in [-0.2, 0) is 9.53 Å². The van der Waals surface area contributed by atoms with Gasteiger partial charge in [-0.1, -0.05) is 12.2 Å². The normalized spacial score (nSPS) is 10.1. The molecule has 0 saturated heterocycles. The topological polar surface area (TPSA) is 65.1 Å². The van der Waals surface area contributed by atoms with Crippen molar-refractivity contribution >= 4 is 27.8 Å². The van der Waals surface area contributed by atoms with E-state index < -0.39 is 5.97 Å². The highest BCUT2D eigenvalue weighted by molar-refractivity contribution is 9.10. The maximum absolute atomic E-state index is 12.2. The third-order valence-corrected chi connectivity index (χ3v) is 3.86. The number of nitrogens with zero attached hydrogens (tertiary/aromatic N) is 1. The third kappa shape index (κ3) is 6.08. The molecular weight excluding hydrogens is 390 g/mol. The predicted molar refractivity (Wildman–Crippen MR) is 99.2 cm³/mol. The molecule has 0 heterocycles. The van der Waals surface area contributed by atoms with Crippen LogP contribution in [0.5, 0.6) is 11.5 Å². The highest BCUT2D eigenvalue weighted by Crippen LogP contribution is 2.36. The van der Waals surface area contributed by atoms with E-state index in [1.54, 1.807) is 11.0 Å². The van der Waals surface area contributed by atoms with Crippen LogP contribution in [0.3, 0.4) is 0 Å². The molecule has 0 atom stereocenters. The molecule has 0 N–H and O–H groups in total. The van der Waals surface area contributed by atoms with E-state index in [4.69, 9.17) is 14.2 Å². The van der Waals surface area contributed by atoms with Gasteiger partial charge in [-0.25, -0.2) is 4.79 Å². The van der Waals surface area contributed by atoms with Crippen LogP contribution in [0.2, 0.25) is 0 Å². The molecule has 25 heavy (non-hydrogen) atoms. The summed E-state index contributed by atoms with van der Waals surface area (Å²) in [6.07, 6.45) is 0.